The summed E-state index contributed by atoms with van der Waals surface area (Å²) >= 11 is 0.933. The van der Waals surface area contributed by atoms with Crippen LogP contribution in [-0.2, 0) is 19.0 Å². The first-order valence-electron chi connectivity index (χ1n) is 11.9. The maximum Gasteiger partial charge on any atom is 0.373 e. The number of ketones is 1. The number of hydrogen-bond acceptors (Lipinski definition) is 7. The minimum Gasteiger partial charge on any atom is -0.490 e. The minimum atomic E-state index is -1.09. The summed E-state index contributed by atoms with van der Waals surface area (Å²) in [5, 5.41) is 1.45. The molecule has 1 unspecified atom stereocenters. The highest BCUT2D eigenvalue weighted by Crippen LogP contribution is 2.33. The fourth-order valence-corrected chi connectivity index (χ4v) is 4.67. The molecule has 0 fully saturated rings. The van der Waals surface area contributed by atoms with Gasteiger partial charge in [-0.15, -0.1) is 11.3 Å². The van der Waals surface area contributed by atoms with Gasteiger partial charge in [0.25, 0.3) is 0 Å². The van der Waals surface area contributed by atoms with Crippen molar-refractivity contribution >= 4 is 29.2 Å². The number of thiazole rings is 1. The van der Waals surface area contributed by atoms with Gasteiger partial charge < -0.3 is 14.2 Å². The van der Waals surface area contributed by atoms with Gasteiger partial charge in [0.15, 0.2) is 5.01 Å². The van der Waals surface area contributed by atoms with Crippen molar-refractivity contribution < 1.29 is 37.0 Å². The lowest BCUT2D eigenvalue weighted by Crippen LogP contribution is -2.08. The number of ether oxygens (including phenoxy) is 3. The summed E-state index contributed by atoms with van der Waals surface area (Å²) in [6, 6.07) is 6.58. The lowest BCUT2D eigenvalue weighted by atomic mass is 9.99. The third-order valence-electron chi connectivity index (χ3n) is 5.93. The molecule has 1 heterocycles. The summed E-state index contributed by atoms with van der Waals surface area (Å²) < 4.78 is 59.7. The van der Waals surface area contributed by atoms with E-state index in [1.807, 2.05) is 0 Å². The molecule has 0 saturated carbocycles. The van der Waals surface area contributed by atoms with Gasteiger partial charge in [0, 0.05) is 40.8 Å². The first-order valence-corrected chi connectivity index (χ1v) is 12.8. The summed E-state index contributed by atoms with van der Waals surface area (Å²) in [5.74, 6) is -4.74. The summed E-state index contributed by atoms with van der Waals surface area (Å²) in [5.41, 5.74) is -0.0431. The van der Waals surface area contributed by atoms with Crippen molar-refractivity contribution in [1.29, 1.82) is 0 Å². The zero-order valence-corrected chi connectivity index (χ0v) is 22.3. The predicted octanol–water partition coefficient (Wildman–Crippen LogP) is 6.89. The van der Waals surface area contributed by atoms with Crippen LogP contribution in [0.15, 0.2) is 41.5 Å². The van der Waals surface area contributed by atoms with Crippen molar-refractivity contribution in [1.82, 2.24) is 4.98 Å². The van der Waals surface area contributed by atoms with Gasteiger partial charge in [-0.25, -0.2) is 22.9 Å². The quantitative estimate of drug-likeness (QED) is 0.0809. The Morgan fingerprint density at radius 3 is 2.37 bits per heavy atom. The SMILES string of the molecule is CCCCCC(OC)c1cccc(-c2csc(C(=O)c3cc(F)c(/C=C(\OC)C(=O)OC)c(F)c3)n2)c1F. The molecule has 202 valence electrons. The van der Waals surface area contributed by atoms with Crippen LogP contribution in [0.5, 0.6) is 0 Å². The van der Waals surface area contributed by atoms with Crippen molar-refractivity contribution in [3.05, 3.63) is 80.6 Å². The summed E-state index contributed by atoms with van der Waals surface area (Å²) in [6.07, 6.45) is 4.03. The zero-order chi connectivity index (χ0) is 27.8. The van der Waals surface area contributed by atoms with Crippen LogP contribution in [0.2, 0.25) is 0 Å². The number of carbonyl (C=O) groups excluding carboxylic acids is 2. The molecule has 0 amide bonds. The van der Waals surface area contributed by atoms with E-state index in [-0.39, 0.29) is 21.8 Å². The highest BCUT2D eigenvalue weighted by atomic mass is 32.1. The number of carbonyl (C=O) groups is 2. The van der Waals surface area contributed by atoms with Gasteiger partial charge in [0.1, 0.15) is 17.5 Å². The molecule has 0 aliphatic heterocycles. The Bertz CT molecular complexity index is 1310. The Balaban J connectivity index is 1.90. The monoisotopic (exact) mass is 547 g/mol. The van der Waals surface area contributed by atoms with Crippen LogP contribution >= 0.6 is 11.3 Å². The Labute approximate surface area is 223 Å². The molecule has 0 N–H and O–H groups in total. The minimum absolute atomic E-state index is 0.0646. The van der Waals surface area contributed by atoms with E-state index in [1.165, 1.54) is 12.5 Å². The van der Waals surface area contributed by atoms with Crippen molar-refractivity contribution in [2.75, 3.05) is 21.3 Å². The molecule has 1 atom stereocenters. The number of methoxy groups -OCH3 is 3. The smallest absolute Gasteiger partial charge is 0.373 e. The molecule has 0 aliphatic rings. The number of halogens is 3. The van der Waals surface area contributed by atoms with E-state index < -0.39 is 46.6 Å². The summed E-state index contributed by atoms with van der Waals surface area (Å²) in [6.45, 7) is 2.08. The molecule has 0 saturated heterocycles. The Morgan fingerprint density at radius 1 is 1.05 bits per heavy atom. The number of unbranched alkanes of at least 4 members (excludes halogenated alkanes) is 2. The molecule has 2 aromatic carbocycles. The van der Waals surface area contributed by atoms with E-state index in [0.717, 1.165) is 63.0 Å². The van der Waals surface area contributed by atoms with E-state index in [4.69, 9.17) is 9.47 Å². The number of aromatic nitrogens is 1. The molecule has 3 aromatic rings. The lowest BCUT2D eigenvalue weighted by molar-refractivity contribution is -0.139. The average Bonchev–Trinajstić information content (AvgIpc) is 3.40. The van der Waals surface area contributed by atoms with Gasteiger partial charge in [-0.05, 0) is 24.6 Å². The van der Waals surface area contributed by atoms with Gasteiger partial charge in [-0.1, -0.05) is 38.3 Å². The van der Waals surface area contributed by atoms with E-state index in [9.17, 15) is 18.4 Å². The van der Waals surface area contributed by atoms with Crippen LogP contribution in [0, 0.1) is 17.5 Å². The molecule has 0 spiro atoms. The van der Waals surface area contributed by atoms with Crippen molar-refractivity contribution in [2.24, 2.45) is 0 Å². The molecule has 0 bridgehead atoms. The van der Waals surface area contributed by atoms with E-state index in [2.05, 4.69) is 16.6 Å². The van der Waals surface area contributed by atoms with Crippen LogP contribution in [0.3, 0.4) is 0 Å². The number of rotatable bonds is 12. The molecule has 0 radical (unpaired) electrons. The van der Waals surface area contributed by atoms with E-state index in [1.54, 1.807) is 18.2 Å². The van der Waals surface area contributed by atoms with E-state index >= 15 is 4.39 Å². The van der Waals surface area contributed by atoms with Crippen LogP contribution < -0.4 is 0 Å². The fraction of sp³-hybridized carbons (Fsp3) is 0.321. The van der Waals surface area contributed by atoms with Gasteiger partial charge in [-0.3, -0.25) is 4.79 Å². The zero-order valence-electron chi connectivity index (χ0n) is 21.5. The number of hydrogen-bond donors (Lipinski definition) is 0. The molecule has 3 rings (SSSR count). The number of benzene rings is 2. The molecule has 38 heavy (non-hydrogen) atoms. The number of nitrogens with zero attached hydrogens (tertiary/aromatic N) is 1. The summed E-state index contributed by atoms with van der Waals surface area (Å²) in [4.78, 5) is 28.9. The second-order valence-corrected chi connectivity index (χ2v) is 9.21. The lowest BCUT2D eigenvalue weighted by Gasteiger charge is -2.17. The van der Waals surface area contributed by atoms with E-state index in [0.29, 0.717) is 12.0 Å². The topological polar surface area (TPSA) is 74.7 Å². The normalized spacial score (nSPS) is 12.3. The Kier molecular flexibility index (Phi) is 10.2. The van der Waals surface area contributed by atoms with Gasteiger partial charge in [0.2, 0.25) is 11.5 Å². The molecule has 0 aliphatic carbocycles. The maximum absolute atomic E-state index is 15.5. The first-order chi connectivity index (χ1) is 18.2. The van der Waals surface area contributed by atoms with Crippen molar-refractivity contribution in [2.45, 2.75) is 38.7 Å². The second kappa shape index (κ2) is 13.3. The van der Waals surface area contributed by atoms with Gasteiger partial charge in [-0.2, -0.15) is 0 Å². The highest BCUT2D eigenvalue weighted by Gasteiger charge is 2.23. The molecule has 6 nitrogen and oxygen atoms in total. The Hall–Kier alpha value is -3.50. The third kappa shape index (κ3) is 6.49. The maximum atomic E-state index is 15.5. The van der Waals surface area contributed by atoms with Crippen LogP contribution in [0.4, 0.5) is 13.2 Å². The third-order valence-corrected chi connectivity index (χ3v) is 6.77. The van der Waals surface area contributed by atoms with Gasteiger partial charge in [0.05, 0.1) is 26.0 Å². The van der Waals surface area contributed by atoms with Crippen molar-refractivity contribution in [3.63, 3.8) is 0 Å². The molecular weight excluding hydrogens is 519 g/mol. The molecule has 1 aromatic heterocycles. The second-order valence-electron chi connectivity index (χ2n) is 8.35. The first kappa shape index (κ1) is 29.1. The fourth-order valence-electron chi connectivity index (χ4n) is 3.89. The summed E-state index contributed by atoms with van der Waals surface area (Å²) in [7, 11) is 3.78. The largest absolute Gasteiger partial charge is 0.490 e. The van der Waals surface area contributed by atoms with Crippen LogP contribution in [0.1, 0.15) is 65.2 Å². The predicted molar refractivity (Wildman–Crippen MR) is 138 cm³/mol. The van der Waals surface area contributed by atoms with Gasteiger partial charge >= 0.3 is 5.97 Å². The average molecular weight is 548 g/mol. The van der Waals surface area contributed by atoms with Crippen LogP contribution in [-0.4, -0.2) is 38.1 Å². The Morgan fingerprint density at radius 2 is 1.76 bits per heavy atom. The molecule has 10 heteroatoms. The highest BCUT2D eigenvalue weighted by molar-refractivity contribution is 7.12. The van der Waals surface area contributed by atoms with Crippen molar-refractivity contribution in [3.8, 4) is 11.3 Å². The van der Waals surface area contributed by atoms with Crippen LogP contribution in [0.25, 0.3) is 17.3 Å². The molecular formula is C28H28F3NO5S. The number of esters is 1. The standard InChI is InChI=1S/C28H28F3NO5S/c1-5-6-7-11-23(35-2)18-10-8-9-17(25(18)31)22-15-38-27(32-22)26(33)16-12-20(29)19(21(30)13-16)14-24(36-3)28(34)37-4/h8-10,12-15,23H,5-7,11H2,1-4H3/b24-14-.